The first-order valence-electron chi connectivity index (χ1n) is 3.02. The van der Waals surface area contributed by atoms with E-state index in [1.807, 2.05) is 0 Å². The van der Waals surface area contributed by atoms with E-state index in [1.54, 1.807) is 6.07 Å². The molecule has 0 saturated carbocycles. The van der Waals surface area contributed by atoms with Crippen molar-refractivity contribution in [2.24, 2.45) is 0 Å². The predicted molar refractivity (Wildman–Crippen MR) is 32.9 cm³/mol. The Morgan fingerprint density at radius 3 is 2.75 bits per heavy atom. The molecule has 1 aromatic rings. The number of nitrogens with one attached hydrogen (secondary N) is 1. The summed E-state index contributed by atoms with van der Waals surface area (Å²) in [6.07, 6.45) is -4.07. The van der Waals surface area contributed by atoms with Crippen molar-refractivity contribution in [3.05, 3.63) is 17.5 Å². The summed E-state index contributed by atoms with van der Waals surface area (Å²) in [4.78, 5) is 0. The molecule has 6 heteroatoms. The molecule has 0 amide bonds. The molecule has 0 radical (unpaired) electrons. The molecular formula is C6H4F3N3. The van der Waals surface area contributed by atoms with Crippen molar-refractivity contribution >= 4 is 0 Å². The second kappa shape index (κ2) is 2.85. The lowest BCUT2D eigenvalue weighted by Gasteiger charge is -2.03. The predicted octanol–water partition coefficient (Wildman–Crippen LogP) is 1.49. The van der Waals surface area contributed by atoms with Crippen molar-refractivity contribution in [1.29, 1.82) is 5.26 Å². The zero-order chi connectivity index (χ0) is 9.19. The number of aromatic nitrogens is 2. The van der Waals surface area contributed by atoms with Crippen LogP contribution in [0, 0.1) is 11.3 Å². The summed E-state index contributed by atoms with van der Waals surface area (Å²) in [7, 11) is 0. The molecule has 0 unspecified atom stereocenters. The van der Waals surface area contributed by atoms with Gasteiger partial charge in [-0.2, -0.15) is 23.5 Å². The molecule has 1 N–H and O–H groups in total. The Morgan fingerprint density at radius 1 is 1.58 bits per heavy atom. The second-order valence-corrected chi connectivity index (χ2v) is 2.09. The molecule has 1 aromatic heterocycles. The van der Waals surface area contributed by atoms with E-state index in [-0.39, 0.29) is 12.1 Å². The fraction of sp³-hybridized carbons (Fsp3) is 0.333. The summed E-state index contributed by atoms with van der Waals surface area (Å²) < 4.78 is 36.1. The van der Waals surface area contributed by atoms with Crippen LogP contribution in [0.4, 0.5) is 13.2 Å². The number of nitrogens with zero attached hydrogens (tertiary/aromatic N) is 2. The molecule has 0 aromatic carbocycles. The monoisotopic (exact) mass is 175 g/mol. The minimum Gasteiger partial charge on any atom is -0.281 e. The highest BCUT2D eigenvalue weighted by molar-refractivity contribution is 5.22. The van der Waals surface area contributed by atoms with Crippen molar-refractivity contribution < 1.29 is 13.2 Å². The van der Waals surface area contributed by atoms with Gasteiger partial charge < -0.3 is 0 Å². The summed E-state index contributed by atoms with van der Waals surface area (Å²) in [5, 5.41) is 13.5. The van der Waals surface area contributed by atoms with Crippen LogP contribution in [-0.4, -0.2) is 10.2 Å². The van der Waals surface area contributed by atoms with Crippen LogP contribution in [0.2, 0.25) is 0 Å². The number of aromatic amines is 1. The standard InChI is InChI=1S/C6H4F3N3/c7-6(8,9)4-3-11-12-5(4)1-2-10/h3H,1H2,(H,11,12). The maximum Gasteiger partial charge on any atom is 0.419 e. The van der Waals surface area contributed by atoms with Crippen molar-refractivity contribution in [3.63, 3.8) is 0 Å². The molecule has 0 fully saturated rings. The summed E-state index contributed by atoms with van der Waals surface area (Å²) in [6.45, 7) is 0. The van der Waals surface area contributed by atoms with Crippen LogP contribution in [0.5, 0.6) is 0 Å². The van der Waals surface area contributed by atoms with E-state index in [2.05, 4.69) is 10.2 Å². The van der Waals surface area contributed by atoms with Gasteiger partial charge in [0.15, 0.2) is 0 Å². The molecule has 0 spiro atoms. The maximum absolute atomic E-state index is 12.0. The van der Waals surface area contributed by atoms with Crippen molar-refractivity contribution in [2.75, 3.05) is 0 Å². The number of alkyl halides is 3. The summed E-state index contributed by atoms with van der Waals surface area (Å²) in [5.74, 6) is 0. The molecular weight excluding hydrogens is 171 g/mol. The van der Waals surface area contributed by atoms with E-state index in [4.69, 9.17) is 5.26 Å². The average Bonchev–Trinajstić information content (AvgIpc) is 2.34. The SMILES string of the molecule is N#CCc1[nH]ncc1C(F)(F)F. The minimum absolute atomic E-state index is 0.190. The molecule has 0 aliphatic carbocycles. The molecule has 0 saturated heterocycles. The Hall–Kier alpha value is -1.51. The van der Waals surface area contributed by atoms with Gasteiger partial charge in [-0.05, 0) is 0 Å². The van der Waals surface area contributed by atoms with Gasteiger partial charge in [-0.3, -0.25) is 5.10 Å². The van der Waals surface area contributed by atoms with E-state index < -0.39 is 11.7 Å². The van der Waals surface area contributed by atoms with Gasteiger partial charge in [-0.1, -0.05) is 0 Å². The topological polar surface area (TPSA) is 52.5 Å². The largest absolute Gasteiger partial charge is 0.419 e. The zero-order valence-electron chi connectivity index (χ0n) is 5.81. The van der Waals surface area contributed by atoms with Crippen LogP contribution in [0.3, 0.4) is 0 Å². The Morgan fingerprint density at radius 2 is 2.25 bits per heavy atom. The van der Waals surface area contributed by atoms with Gasteiger partial charge in [0, 0.05) is 0 Å². The lowest BCUT2D eigenvalue weighted by atomic mass is 10.2. The average molecular weight is 175 g/mol. The van der Waals surface area contributed by atoms with Gasteiger partial charge >= 0.3 is 6.18 Å². The zero-order valence-corrected chi connectivity index (χ0v) is 5.81. The molecule has 64 valence electrons. The number of halogens is 3. The van der Waals surface area contributed by atoms with Crippen LogP contribution >= 0.6 is 0 Å². The van der Waals surface area contributed by atoms with Crippen LogP contribution in [0.1, 0.15) is 11.3 Å². The molecule has 1 heterocycles. The Labute approximate surface area is 65.8 Å². The van der Waals surface area contributed by atoms with Crippen LogP contribution in [-0.2, 0) is 12.6 Å². The lowest BCUT2D eigenvalue weighted by molar-refractivity contribution is -0.138. The second-order valence-electron chi connectivity index (χ2n) is 2.09. The third kappa shape index (κ3) is 1.56. The smallest absolute Gasteiger partial charge is 0.281 e. The first kappa shape index (κ1) is 8.59. The van der Waals surface area contributed by atoms with Gasteiger partial charge in [-0.25, -0.2) is 0 Å². The van der Waals surface area contributed by atoms with Crippen LogP contribution < -0.4 is 0 Å². The first-order valence-corrected chi connectivity index (χ1v) is 3.02. The van der Waals surface area contributed by atoms with Crippen LogP contribution in [0.25, 0.3) is 0 Å². The quantitative estimate of drug-likeness (QED) is 0.703. The Bertz CT molecular complexity index is 307. The number of nitriles is 1. The van der Waals surface area contributed by atoms with Crippen molar-refractivity contribution in [1.82, 2.24) is 10.2 Å². The lowest BCUT2D eigenvalue weighted by Crippen LogP contribution is -2.06. The summed E-state index contributed by atoms with van der Waals surface area (Å²) in [5.41, 5.74) is -1.06. The fourth-order valence-corrected chi connectivity index (χ4v) is 0.771. The molecule has 3 nitrogen and oxygen atoms in total. The van der Waals surface area contributed by atoms with Gasteiger partial charge in [0.2, 0.25) is 0 Å². The number of H-pyrrole nitrogens is 1. The van der Waals surface area contributed by atoms with Gasteiger partial charge in [0.25, 0.3) is 0 Å². The number of hydrogen-bond donors (Lipinski definition) is 1. The molecule has 0 aliphatic heterocycles. The van der Waals surface area contributed by atoms with Crippen LogP contribution in [0.15, 0.2) is 6.20 Å². The highest BCUT2D eigenvalue weighted by Crippen LogP contribution is 2.30. The van der Waals surface area contributed by atoms with Gasteiger partial charge in [0.05, 0.1) is 29.9 Å². The van der Waals surface area contributed by atoms with E-state index in [1.165, 1.54) is 0 Å². The van der Waals surface area contributed by atoms with Gasteiger partial charge in [0.1, 0.15) is 0 Å². The molecule has 1 rings (SSSR count). The highest BCUT2D eigenvalue weighted by Gasteiger charge is 2.34. The number of rotatable bonds is 1. The van der Waals surface area contributed by atoms with E-state index in [0.717, 1.165) is 0 Å². The van der Waals surface area contributed by atoms with E-state index in [0.29, 0.717) is 6.20 Å². The van der Waals surface area contributed by atoms with Gasteiger partial charge in [-0.15, -0.1) is 0 Å². The normalized spacial score (nSPS) is 11.2. The maximum atomic E-state index is 12.0. The fourth-order valence-electron chi connectivity index (χ4n) is 0.771. The highest BCUT2D eigenvalue weighted by atomic mass is 19.4. The molecule has 12 heavy (non-hydrogen) atoms. The molecule has 0 bridgehead atoms. The Balaban J connectivity index is 3.01. The third-order valence-electron chi connectivity index (χ3n) is 1.28. The minimum atomic E-state index is -4.43. The Kier molecular flexibility index (Phi) is 2.04. The van der Waals surface area contributed by atoms with Crippen molar-refractivity contribution in [2.45, 2.75) is 12.6 Å². The van der Waals surface area contributed by atoms with E-state index in [9.17, 15) is 13.2 Å². The van der Waals surface area contributed by atoms with Crippen molar-refractivity contribution in [3.8, 4) is 6.07 Å². The summed E-state index contributed by atoms with van der Waals surface area (Å²) >= 11 is 0. The summed E-state index contributed by atoms with van der Waals surface area (Å²) in [6, 6.07) is 1.61. The van der Waals surface area contributed by atoms with E-state index >= 15 is 0 Å². The third-order valence-corrected chi connectivity index (χ3v) is 1.28. The number of hydrogen-bond acceptors (Lipinski definition) is 2. The molecule has 0 atom stereocenters. The molecule has 0 aliphatic rings. The first-order chi connectivity index (χ1) is 5.55.